The van der Waals surface area contributed by atoms with Crippen LogP contribution in [-0.2, 0) is 9.59 Å². The molecule has 0 radical (unpaired) electrons. The van der Waals surface area contributed by atoms with Crippen molar-refractivity contribution in [2.24, 2.45) is 11.3 Å². The van der Waals surface area contributed by atoms with Crippen LogP contribution in [0.15, 0.2) is 0 Å². The van der Waals surface area contributed by atoms with Gasteiger partial charge in [0.25, 0.3) is 0 Å². The molecule has 0 aromatic carbocycles. The first-order valence-corrected chi connectivity index (χ1v) is 9.61. The fourth-order valence-electron chi connectivity index (χ4n) is 3.30. The Balaban J connectivity index is 1.88. The van der Waals surface area contributed by atoms with Crippen molar-refractivity contribution in [3.8, 4) is 0 Å². The van der Waals surface area contributed by atoms with Gasteiger partial charge in [0.2, 0.25) is 11.8 Å². The standard InChI is InChI=1S/C17H30N2O2S/c1-5-6-14-19(11-12-22-14)15(20)13-7-9-18(10-8-13)16(21)17(2,3)4/h13-14H,5-12H2,1-4H3/t14-/m1/s1. The van der Waals surface area contributed by atoms with Crippen LogP contribution in [0.2, 0.25) is 0 Å². The largest absolute Gasteiger partial charge is 0.342 e. The maximum Gasteiger partial charge on any atom is 0.227 e. The summed E-state index contributed by atoms with van der Waals surface area (Å²) in [4.78, 5) is 29.1. The summed E-state index contributed by atoms with van der Waals surface area (Å²) in [5, 5.41) is 0.381. The summed E-state index contributed by atoms with van der Waals surface area (Å²) in [6.07, 6.45) is 3.86. The van der Waals surface area contributed by atoms with Crippen LogP contribution in [0.5, 0.6) is 0 Å². The molecule has 2 saturated heterocycles. The highest BCUT2D eigenvalue weighted by atomic mass is 32.2. The van der Waals surface area contributed by atoms with E-state index in [0.717, 1.165) is 51.1 Å². The van der Waals surface area contributed by atoms with Crippen LogP contribution in [0.1, 0.15) is 53.4 Å². The Labute approximate surface area is 139 Å². The van der Waals surface area contributed by atoms with Crippen molar-refractivity contribution < 1.29 is 9.59 Å². The van der Waals surface area contributed by atoms with Crippen molar-refractivity contribution in [1.82, 2.24) is 9.80 Å². The smallest absolute Gasteiger partial charge is 0.227 e. The van der Waals surface area contributed by atoms with Crippen molar-refractivity contribution in [2.45, 2.75) is 58.8 Å². The molecule has 4 nitrogen and oxygen atoms in total. The van der Waals surface area contributed by atoms with Crippen LogP contribution in [0.25, 0.3) is 0 Å². The number of piperidine rings is 1. The molecule has 22 heavy (non-hydrogen) atoms. The zero-order valence-corrected chi connectivity index (χ0v) is 15.2. The lowest BCUT2D eigenvalue weighted by Gasteiger charge is -2.37. The normalized spacial score (nSPS) is 23.9. The number of carbonyl (C=O) groups is 2. The van der Waals surface area contributed by atoms with E-state index in [0.29, 0.717) is 11.3 Å². The number of thioether (sulfide) groups is 1. The molecule has 0 aromatic rings. The lowest BCUT2D eigenvalue weighted by Crippen LogP contribution is -2.48. The van der Waals surface area contributed by atoms with Gasteiger partial charge in [-0.3, -0.25) is 9.59 Å². The summed E-state index contributed by atoms with van der Waals surface area (Å²) in [6, 6.07) is 0. The van der Waals surface area contributed by atoms with Crippen molar-refractivity contribution in [3.05, 3.63) is 0 Å². The Bertz CT molecular complexity index is 411. The SMILES string of the molecule is CCC[C@H]1SCCN1C(=O)C1CCN(C(=O)C(C)(C)C)CC1. The van der Waals surface area contributed by atoms with E-state index in [4.69, 9.17) is 0 Å². The predicted molar refractivity (Wildman–Crippen MR) is 91.6 cm³/mol. The summed E-state index contributed by atoms with van der Waals surface area (Å²) in [7, 11) is 0. The maximum absolute atomic E-state index is 12.8. The highest BCUT2D eigenvalue weighted by molar-refractivity contribution is 8.00. The summed E-state index contributed by atoms with van der Waals surface area (Å²) in [5.41, 5.74) is -0.325. The minimum atomic E-state index is -0.325. The molecule has 2 rings (SSSR count). The Morgan fingerprint density at radius 1 is 1.14 bits per heavy atom. The average Bonchev–Trinajstić information content (AvgIpc) is 2.93. The lowest BCUT2D eigenvalue weighted by molar-refractivity contribution is -0.145. The number of nitrogens with zero attached hydrogens (tertiary/aromatic N) is 2. The molecule has 0 N–H and O–H groups in total. The average molecular weight is 327 g/mol. The first-order chi connectivity index (χ1) is 10.3. The van der Waals surface area contributed by atoms with Gasteiger partial charge >= 0.3 is 0 Å². The van der Waals surface area contributed by atoms with Gasteiger partial charge in [0.05, 0.1) is 5.37 Å². The molecule has 1 atom stereocenters. The molecule has 0 spiro atoms. The zero-order chi connectivity index (χ0) is 16.3. The van der Waals surface area contributed by atoms with E-state index < -0.39 is 0 Å². The fourth-order valence-corrected chi connectivity index (χ4v) is 4.66. The van der Waals surface area contributed by atoms with Crippen LogP contribution >= 0.6 is 11.8 Å². The second kappa shape index (κ2) is 7.24. The van der Waals surface area contributed by atoms with E-state index in [1.165, 1.54) is 0 Å². The zero-order valence-electron chi connectivity index (χ0n) is 14.4. The van der Waals surface area contributed by atoms with E-state index in [-0.39, 0.29) is 17.2 Å². The molecule has 0 unspecified atom stereocenters. The number of rotatable bonds is 3. The van der Waals surface area contributed by atoms with E-state index in [1.54, 1.807) is 0 Å². The number of hydrogen-bond donors (Lipinski definition) is 0. The number of hydrogen-bond acceptors (Lipinski definition) is 3. The highest BCUT2D eigenvalue weighted by Crippen LogP contribution is 2.31. The topological polar surface area (TPSA) is 40.6 Å². The third kappa shape index (κ3) is 3.98. The van der Waals surface area contributed by atoms with Crippen molar-refractivity contribution >= 4 is 23.6 Å². The predicted octanol–water partition coefficient (Wildman–Crippen LogP) is 2.97. The first kappa shape index (κ1) is 17.6. The molecule has 5 heteroatoms. The van der Waals surface area contributed by atoms with Crippen LogP contribution < -0.4 is 0 Å². The molecule has 0 bridgehead atoms. The van der Waals surface area contributed by atoms with Gasteiger partial charge in [-0.1, -0.05) is 34.1 Å². The third-order valence-corrected chi connectivity index (χ3v) is 5.87. The van der Waals surface area contributed by atoms with Gasteiger partial charge in [-0.15, -0.1) is 11.8 Å². The van der Waals surface area contributed by atoms with Gasteiger partial charge in [-0.25, -0.2) is 0 Å². The maximum atomic E-state index is 12.8. The highest BCUT2D eigenvalue weighted by Gasteiger charge is 2.36. The molecule has 2 fully saturated rings. The van der Waals surface area contributed by atoms with Crippen LogP contribution in [0.3, 0.4) is 0 Å². The van der Waals surface area contributed by atoms with Gasteiger partial charge in [-0.05, 0) is 19.3 Å². The second-order valence-electron chi connectivity index (χ2n) is 7.46. The molecule has 126 valence electrons. The van der Waals surface area contributed by atoms with Crippen molar-refractivity contribution in [2.75, 3.05) is 25.4 Å². The number of amides is 2. The second-order valence-corrected chi connectivity index (χ2v) is 8.75. The van der Waals surface area contributed by atoms with E-state index in [1.807, 2.05) is 37.4 Å². The van der Waals surface area contributed by atoms with Gasteiger partial charge in [0.1, 0.15) is 0 Å². The summed E-state index contributed by atoms with van der Waals surface area (Å²) in [5.74, 6) is 1.71. The fraction of sp³-hybridized carbons (Fsp3) is 0.882. The Morgan fingerprint density at radius 3 is 2.32 bits per heavy atom. The van der Waals surface area contributed by atoms with E-state index in [2.05, 4.69) is 11.8 Å². The minimum Gasteiger partial charge on any atom is -0.342 e. The molecule has 2 aliphatic heterocycles. The van der Waals surface area contributed by atoms with Crippen LogP contribution in [0, 0.1) is 11.3 Å². The molecular formula is C17H30N2O2S. The molecular weight excluding hydrogens is 296 g/mol. The summed E-state index contributed by atoms with van der Waals surface area (Å²) >= 11 is 1.92. The van der Waals surface area contributed by atoms with Gasteiger partial charge < -0.3 is 9.80 Å². The molecule has 2 aliphatic rings. The van der Waals surface area contributed by atoms with Crippen LogP contribution in [-0.4, -0.2) is 52.4 Å². The third-order valence-electron chi connectivity index (χ3n) is 4.58. The summed E-state index contributed by atoms with van der Waals surface area (Å²) < 4.78 is 0. The Kier molecular flexibility index (Phi) is 5.81. The Hall–Kier alpha value is -0.710. The number of carbonyl (C=O) groups excluding carboxylic acids is 2. The number of likely N-dealkylation sites (tertiary alicyclic amines) is 1. The quantitative estimate of drug-likeness (QED) is 0.800. The molecule has 2 amide bonds. The molecule has 0 aliphatic carbocycles. The van der Waals surface area contributed by atoms with Crippen molar-refractivity contribution in [1.29, 1.82) is 0 Å². The lowest BCUT2D eigenvalue weighted by atomic mass is 9.90. The van der Waals surface area contributed by atoms with Gasteiger partial charge in [-0.2, -0.15) is 0 Å². The Morgan fingerprint density at radius 2 is 1.77 bits per heavy atom. The van der Waals surface area contributed by atoms with Crippen LogP contribution in [0.4, 0.5) is 0 Å². The molecule has 2 heterocycles. The summed E-state index contributed by atoms with van der Waals surface area (Å²) in [6.45, 7) is 10.4. The van der Waals surface area contributed by atoms with Gasteiger partial charge in [0.15, 0.2) is 0 Å². The molecule has 0 aromatic heterocycles. The first-order valence-electron chi connectivity index (χ1n) is 8.56. The van der Waals surface area contributed by atoms with E-state index in [9.17, 15) is 9.59 Å². The molecule has 0 saturated carbocycles. The minimum absolute atomic E-state index is 0.113. The van der Waals surface area contributed by atoms with E-state index >= 15 is 0 Å². The van der Waals surface area contributed by atoms with Gasteiger partial charge in [0, 0.05) is 36.7 Å². The monoisotopic (exact) mass is 326 g/mol. The van der Waals surface area contributed by atoms with Crippen molar-refractivity contribution in [3.63, 3.8) is 0 Å².